The molecular weight excluding hydrogens is 329 g/mol. The second-order valence-corrected chi connectivity index (χ2v) is 7.09. The maximum Gasteiger partial charge on any atom is 0.123 e. The normalized spacial score (nSPS) is 18.0. The van der Waals surface area contributed by atoms with Crippen molar-refractivity contribution in [3.05, 3.63) is 65.5 Å². The molecular formula is C22H28FNO2. The van der Waals surface area contributed by atoms with Gasteiger partial charge >= 0.3 is 0 Å². The van der Waals surface area contributed by atoms with Gasteiger partial charge in [-0.3, -0.25) is 4.90 Å². The van der Waals surface area contributed by atoms with Gasteiger partial charge in [0.2, 0.25) is 0 Å². The van der Waals surface area contributed by atoms with E-state index in [9.17, 15) is 4.39 Å². The number of rotatable bonds is 8. The Morgan fingerprint density at radius 2 is 1.92 bits per heavy atom. The number of para-hydroxylation sites is 1. The fourth-order valence-corrected chi connectivity index (χ4v) is 3.72. The molecule has 0 radical (unpaired) electrons. The van der Waals surface area contributed by atoms with Crippen molar-refractivity contribution in [2.75, 3.05) is 26.3 Å². The molecule has 1 heterocycles. The lowest BCUT2D eigenvalue weighted by atomic mass is 9.91. The number of aliphatic hydroxyl groups is 1. The highest BCUT2D eigenvalue weighted by Crippen LogP contribution is 2.26. The second-order valence-electron chi connectivity index (χ2n) is 7.09. The van der Waals surface area contributed by atoms with Crippen molar-refractivity contribution < 1.29 is 14.2 Å². The minimum atomic E-state index is -0.167. The SMILES string of the molecule is OCCOc1ccccc1CN1CCC[C@@H](CCc2ccc(F)cc2)C1. The van der Waals surface area contributed by atoms with E-state index in [2.05, 4.69) is 11.0 Å². The molecule has 0 unspecified atom stereocenters. The molecule has 3 nitrogen and oxygen atoms in total. The first-order chi connectivity index (χ1) is 12.7. The molecule has 1 saturated heterocycles. The number of benzene rings is 2. The van der Waals surface area contributed by atoms with E-state index in [0.29, 0.717) is 12.5 Å². The molecule has 140 valence electrons. The number of hydrogen-bond acceptors (Lipinski definition) is 3. The van der Waals surface area contributed by atoms with Crippen LogP contribution in [0.1, 0.15) is 30.4 Å². The first-order valence-electron chi connectivity index (χ1n) is 9.53. The highest BCUT2D eigenvalue weighted by atomic mass is 19.1. The summed E-state index contributed by atoms with van der Waals surface area (Å²) in [6.45, 7) is 3.45. The van der Waals surface area contributed by atoms with E-state index in [-0.39, 0.29) is 12.4 Å². The average Bonchev–Trinajstić information content (AvgIpc) is 2.67. The quantitative estimate of drug-likeness (QED) is 0.774. The average molecular weight is 357 g/mol. The molecule has 26 heavy (non-hydrogen) atoms. The number of aryl methyl sites for hydroxylation is 1. The van der Waals surface area contributed by atoms with Gasteiger partial charge in [0.15, 0.2) is 0 Å². The summed E-state index contributed by atoms with van der Waals surface area (Å²) in [6.07, 6.45) is 4.63. The minimum Gasteiger partial charge on any atom is -0.491 e. The van der Waals surface area contributed by atoms with Crippen LogP contribution in [0.25, 0.3) is 0 Å². The Morgan fingerprint density at radius 3 is 2.73 bits per heavy atom. The van der Waals surface area contributed by atoms with Crippen molar-refractivity contribution in [3.8, 4) is 5.75 Å². The van der Waals surface area contributed by atoms with E-state index in [1.54, 1.807) is 12.1 Å². The van der Waals surface area contributed by atoms with Gasteiger partial charge in [-0.1, -0.05) is 30.3 Å². The number of nitrogens with zero attached hydrogens (tertiary/aromatic N) is 1. The van der Waals surface area contributed by atoms with Gasteiger partial charge < -0.3 is 9.84 Å². The van der Waals surface area contributed by atoms with Crippen LogP contribution in [0.3, 0.4) is 0 Å². The van der Waals surface area contributed by atoms with Crippen molar-refractivity contribution in [1.29, 1.82) is 0 Å². The lowest BCUT2D eigenvalue weighted by Crippen LogP contribution is -2.35. The molecule has 1 N–H and O–H groups in total. The highest BCUT2D eigenvalue weighted by molar-refractivity contribution is 5.33. The van der Waals surface area contributed by atoms with E-state index in [4.69, 9.17) is 9.84 Å². The van der Waals surface area contributed by atoms with Crippen LogP contribution < -0.4 is 4.74 Å². The van der Waals surface area contributed by atoms with E-state index >= 15 is 0 Å². The molecule has 0 bridgehead atoms. The summed E-state index contributed by atoms with van der Waals surface area (Å²) in [4.78, 5) is 2.50. The van der Waals surface area contributed by atoms with Gasteiger partial charge in [0.05, 0.1) is 6.61 Å². The Kier molecular flexibility index (Phi) is 7.04. The van der Waals surface area contributed by atoms with Gasteiger partial charge in [-0.2, -0.15) is 0 Å². The smallest absolute Gasteiger partial charge is 0.123 e. The number of halogens is 1. The zero-order chi connectivity index (χ0) is 18.2. The Morgan fingerprint density at radius 1 is 1.12 bits per heavy atom. The standard InChI is InChI=1S/C22H28FNO2/c23-21-11-9-18(10-12-21)7-8-19-4-3-13-24(16-19)17-20-5-1-2-6-22(20)26-15-14-25/h1-2,5-6,9-12,19,25H,3-4,7-8,13-17H2/t19-/m0/s1. The molecule has 2 aromatic rings. The summed E-state index contributed by atoms with van der Waals surface area (Å²) < 4.78 is 18.7. The van der Waals surface area contributed by atoms with Crippen LogP contribution in [0.15, 0.2) is 48.5 Å². The fraction of sp³-hybridized carbons (Fsp3) is 0.455. The predicted molar refractivity (Wildman–Crippen MR) is 102 cm³/mol. The molecule has 0 amide bonds. The van der Waals surface area contributed by atoms with Crippen molar-refractivity contribution >= 4 is 0 Å². The minimum absolute atomic E-state index is 0.0313. The zero-order valence-electron chi connectivity index (χ0n) is 15.2. The summed E-state index contributed by atoms with van der Waals surface area (Å²) in [6, 6.07) is 15.0. The van der Waals surface area contributed by atoms with Gasteiger partial charge in [0.25, 0.3) is 0 Å². The Labute approximate surface area is 155 Å². The number of aliphatic hydroxyl groups excluding tert-OH is 1. The van der Waals surface area contributed by atoms with Crippen molar-refractivity contribution in [3.63, 3.8) is 0 Å². The van der Waals surface area contributed by atoms with Gasteiger partial charge in [-0.05, 0) is 61.9 Å². The van der Waals surface area contributed by atoms with E-state index in [1.165, 1.54) is 24.0 Å². The largest absolute Gasteiger partial charge is 0.491 e. The van der Waals surface area contributed by atoms with E-state index < -0.39 is 0 Å². The molecule has 3 rings (SSSR count). The van der Waals surface area contributed by atoms with Crippen LogP contribution in [0.5, 0.6) is 5.75 Å². The van der Waals surface area contributed by atoms with E-state index in [0.717, 1.165) is 38.2 Å². The molecule has 2 aromatic carbocycles. The van der Waals surface area contributed by atoms with Crippen molar-refractivity contribution in [2.24, 2.45) is 5.92 Å². The number of likely N-dealkylation sites (tertiary alicyclic amines) is 1. The topological polar surface area (TPSA) is 32.7 Å². The lowest BCUT2D eigenvalue weighted by molar-refractivity contribution is 0.157. The van der Waals surface area contributed by atoms with Crippen LogP contribution in [0, 0.1) is 11.7 Å². The van der Waals surface area contributed by atoms with Crippen LogP contribution in [-0.2, 0) is 13.0 Å². The molecule has 4 heteroatoms. The first-order valence-corrected chi connectivity index (χ1v) is 9.53. The zero-order valence-corrected chi connectivity index (χ0v) is 15.2. The summed E-state index contributed by atoms with van der Waals surface area (Å²) in [5.41, 5.74) is 2.39. The molecule has 1 aliphatic rings. The van der Waals surface area contributed by atoms with E-state index in [1.807, 2.05) is 30.3 Å². The third-order valence-electron chi connectivity index (χ3n) is 5.07. The molecule has 0 aliphatic carbocycles. The second kappa shape index (κ2) is 9.70. The van der Waals surface area contributed by atoms with Crippen LogP contribution in [0.4, 0.5) is 4.39 Å². The van der Waals surface area contributed by atoms with Gasteiger partial charge in [0.1, 0.15) is 18.2 Å². The Hall–Kier alpha value is -1.91. The maximum atomic E-state index is 13.0. The fourth-order valence-electron chi connectivity index (χ4n) is 3.72. The van der Waals surface area contributed by atoms with Crippen LogP contribution >= 0.6 is 0 Å². The summed E-state index contributed by atoms with van der Waals surface area (Å²) in [7, 11) is 0. The third-order valence-corrected chi connectivity index (χ3v) is 5.07. The monoisotopic (exact) mass is 357 g/mol. The maximum absolute atomic E-state index is 13.0. The summed E-state index contributed by atoms with van der Waals surface area (Å²) in [5, 5.41) is 8.99. The summed E-state index contributed by atoms with van der Waals surface area (Å²) >= 11 is 0. The predicted octanol–water partition coefficient (Wildman–Crippen LogP) is 4.04. The molecule has 0 spiro atoms. The van der Waals surface area contributed by atoms with Crippen LogP contribution in [0.2, 0.25) is 0 Å². The Balaban J connectivity index is 1.53. The Bertz CT molecular complexity index is 674. The molecule has 1 atom stereocenters. The van der Waals surface area contributed by atoms with Gasteiger partial charge in [-0.15, -0.1) is 0 Å². The van der Waals surface area contributed by atoms with Crippen molar-refractivity contribution in [2.45, 2.75) is 32.2 Å². The van der Waals surface area contributed by atoms with Gasteiger partial charge in [-0.25, -0.2) is 4.39 Å². The molecule has 1 aliphatic heterocycles. The molecule has 0 saturated carbocycles. The third kappa shape index (κ3) is 5.55. The molecule has 1 fully saturated rings. The van der Waals surface area contributed by atoms with Crippen LogP contribution in [-0.4, -0.2) is 36.3 Å². The number of ether oxygens (including phenoxy) is 1. The van der Waals surface area contributed by atoms with Gasteiger partial charge in [0, 0.05) is 18.7 Å². The lowest BCUT2D eigenvalue weighted by Gasteiger charge is -2.33. The highest BCUT2D eigenvalue weighted by Gasteiger charge is 2.20. The molecule has 0 aromatic heterocycles. The number of hydrogen-bond donors (Lipinski definition) is 1. The number of piperidine rings is 1. The summed E-state index contributed by atoms with van der Waals surface area (Å²) in [5.74, 6) is 1.38. The first kappa shape index (κ1) is 18.9. The van der Waals surface area contributed by atoms with Crippen molar-refractivity contribution in [1.82, 2.24) is 4.90 Å².